The van der Waals surface area contributed by atoms with Crippen molar-refractivity contribution in [3.63, 3.8) is 0 Å². The highest BCUT2D eigenvalue weighted by atomic mass is 35.5. The molecule has 0 atom stereocenters. The van der Waals surface area contributed by atoms with Crippen molar-refractivity contribution in [1.29, 1.82) is 0 Å². The number of phenols is 1. The van der Waals surface area contributed by atoms with Crippen LogP contribution in [0.3, 0.4) is 0 Å². The quantitative estimate of drug-likeness (QED) is 0.818. The van der Waals surface area contributed by atoms with Gasteiger partial charge >= 0.3 is 0 Å². The first kappa shape index (κ1) is 19.9. The lowest BCUT2D eigenvalue weighted by Gasteiger charge is -2.37. The Balaban J connectivity index is 1.67. The number of nitrogens with zero attached hydrogens (tertiary/aromatic N) is 3. The first-order valence-electron chi connectivity index (χ1n) is 8.47. The Hall–Kier alpha value is -1.87. The number of hydrogen-bond acceptors (Lipinski definition) is 4. The Kier molecular flexibility index (Phi) is 5.90. The molecule has 6 nitrogen and oxygen atoms in total. The van der Waals surface area contributed by atoms with Crippen molar-refractivity contribution < 1.29 is 17.9 Å². The summed E-state index contributed by atoms with van der Waals surface area (Å²) in [4.78, 5) is 2.01. The molecule has 0 aromatic heterocycles. The molecule has 0 bridgehead atoms. The second-order valence-corrected chi connectivity index (χ2v) is 8.81. The monoisotopic (exact) mass is 413 g/mol. The number of anilines is 1. The first-order valence-corrected chi connectivity index (χ1v) is 10.2. The lowest BCUT2D eigenvalue weighted by molar-refractivity contribution is 0.339. The number of benzene rings is 2. The molecule has 0 aliphatic carbocycles. The van der Waals surface area contributed by atoms with Crippen LogP contribution in [0.2, 0.25) is 5.02 Å². The number of halogens is 2. The lowest BCUT2D eigenvalue weighted by Crippen LogP contribution is -2.52. The Bertz CT molecular complexity index is 898. The van der Waals surface area contributed by atoms with Gasteiger partial charge in [-0.2, -0.15) is 17.0 Å². The third-order valence-corrected chi connectivity index (χ3v) is 6.88. The van der Waals surface area contributed by atoms with E-state index < -0.39 is 16.0 Å². The van der Waals surface area contributed by atoms with Gasteiger partial charge in [0, 0.05) is 62.1 Å². The summed E-state index contributed by atoms with van der Waals surface area (Å²) >= 11 is 6.01. The molecule has 27 heavy (non-hydrogen) atoms. The van der Waals surface area contributed by atoms with Crippen LogP contribution in [-0.4, -0.2) is 55.4 Å². The summed E-state index contributed by atoms with van der Waals surface area (Å²) in [5.74, 6) is -0.359. The van der Waals surface area contributed by atoms with Gasteiger partial charge in [0.25, 0.3) is 10.2 Å². The van der Waals surface area contributed by atoms with Crippen molar-refractivity contribution in [3.8, 4) is 5.75 Å². The molecule has 146 valence electrons. The van der Waals surface area contributed by atoms with E-state index in [0.717, 1.165) is 9.99 Å². The van der Waals surface area contributed by atoms with Gasteiger partial charge in [0.2, 0.25) is 0 Å². The van der Waals surface area contributed by atoms with E-state index in [1.165, 1.54) is 29.6 Å². The number of piperazine rings is 1. The van der Waals surface area contributed by atoms with Crippen molar-refractivity contribution in [2.45, 2.75) is 6.54 Å². The molecule has 0 spiro atoms. The van der Waals surface area contributed by atoms with Gasteiger partial charge in [0.1, 0.15) is 11.6 Å². The van der Waals surface area contributed by atoms with E-state index in [2.05, 4.69) is 0 Å². The van der Waals surface area contributed by atoms with Crippen LogP contribution >= 0.6 is 11.6 Å². The Morgan fingerprint density at radius 2 is 1.81 bits per heavy atom. The molecule has 1 aliphatic rings. The van der Waals surface area contributed by atoms with Gasteiger partial charge in [0.05, 0.1) is 0 Å². The fraction of sp³-hybridized carbons (Fsp3) is 0.333. The minimum absolute atomic E-state index is 0.138. The van der Waals surface area contributed by atoms with Crippen LogP contribution in [0.1, 0.15) is 5.56 Å². The third-order valence-electron chi connectivity index (χ3n) is 4.60. The van der Waals surface area contributed by atoms with Crippen molar-refractivity contribution in [1.82, 2.24) is 8.61 Å². The van der Waals surface area contributed by atoms with Crippen molar-refractivity contribution in [3.05, 3.63) is 58.9 Å². The van der Waals surface area contributed by atoms with Crippen LogP contribution in [-0.2, 0) is 16.8 Å². The van der Waals surface area contributed by atoms with Crippen LogP contribution in [0.15, 0.2) is 42.5 Å². The van der Waals surface area contributed by atoms with Crippen molar-refractivity contribution >= 4 is 27.5 Å². The molecule has 0 radical (unpaired) electrons. The smallest absolute Gasteiger partial charge is 0.282 e. The largest absolute Gasteiger partial charge is 0.508 e. The maximum Gasteiger partial charge on any atom is 0.282 e. The maximum absolute atomic E-state index is 14.0. The molecule has 3 rings (SSSR count). The lowest BCUT2D eigenvalue weighted by atomic mass is 10.2. The predicted molar refractivity (Wildman–Crippen MR) is 104 cm³/mol. The molecule has 1 aliphatic heterocycles. The normalized spacial score (nSPS) is 16.1. The molecular formula is C18H21ClFN3O3S. The van der Waals surface area contributed by atoms with E-state index in [0.29, 0.717) is 26.2 Å². The molecular weight excluding hydrogens is 393 g/mol. The molecule has 0 amide bonds. The van der Waals surface area contributed by atoms with Crippen LogP contribution in [0.4, 0.5) is 10.1 Å². The van der Waals surface area contributed by atoms with E-state index in [1.54, 1.807) is 18.2 Å². The van der Waals surface area contributed by atoms with Crippen molar-refractivity contribution in [2.24, 2.45) is 0 Å². The van der Waals surface area contributed by atoms with E-state index in [4.69, 9.17) is 11.6 Å². The predicted octanol–water partition coefficient (Wildman–Crippen LogP) is 2.68. The zero-order valence-corrected chi connectivity index (χ0v) is 16.4. The minimum Gasteiger partial charge on any atom is -0.508 e. The van der Waals surface area contributed by atoms with Gasteiger partial charge < -0.3 is 10.0 Å². The van der Waals surface area contributed by atoms with Gasteiger partial charge in [-0.05, 0) is 24.3 Å². The summed E-state index contributed by atoms with van der Waals surface area (Å²) in [7, 11) is -2.33. The minimum atomic E-state index is -3.74. The first-order chi connectivity index (χ1) is 12.8. The average molecular weight is 414 g/mol. The molecule has 0 unspecified atom stereocenters. The van der Waals surface area contributed by atoms with Gasteiger partial charge in [-0.15, -0.1) is 0 Å². The maximum atomic E-state index is 14.0. The van der Waals surface area contributed by atoms with E-state index in [9.17, 15) is 17.9 Å². The average Bonchev–Trinajstić information content (AvgIpc) is 2.65. The van der Waals surface area contributed by atoms with Crippen molar-refractivity contribution in [2.75, 3.05) is 38.1 Å². The van der Waals surface area contributed by atoms with Crippen LogP contribution in [0.5, 0.6) is 5.75 Å². The fourth-order valence-electron chi connectivity index (χ4n) is 3.05. The number of rotatable bonds is 5. The second kappa shape index (κ2) is 8.02. The Morgan fingerprint density at radius 3 is 2.44 bits per heavy atom. The Labute approximate surface area is 163 Å². The SMILES string of the molecule is CN(Cc1c(F)cccc1Cl)S(=O)(=O)N1CCN(c2cccc(O)c2)CC1. The summed E-state index contributed by atoms with van der Waals surface area (Å²) < 4.78 is 42.1. The Morgan fingerprint density at radius 1 is 1.15 bits per heavy atom. The van der Waals surface area contributed by atoms with E-state index in [-0.39, 0.29) is 22.9 Å². The highest BCUT2D eigenvalue weighted by Crippen LogP contribution is 2.24. The number of phenolic OH excluding ortho intramolecular Hbond substituents is 1. The third kappa shape index (κ3) is 4.35. The topological polar surface area (TPSA) is 64.1 Å². The van der Waals surface area contributed by atoms with Crippen LogP contribution in [0, 0.1) is 5.82 Å². The van der Waals surface area contributed by atoms with Gasteiger partial charge in [-0.1, -0.05) is 23.7 Å². The standard InChI is InChI=1S/C18H21ClFN3O3S/c1-21(13-16-17(19)6-3-7-18(16)20)27(25,26)23-10-8-22(9-11-23)14-4-2-5-15(24)12-14/h2-7,12,24H,8-11,13H2,1H3. The molecule has 1 heterocycles. The van der Waals surface area contributed by atoms with Gasteiger partial charge in [-0.3, -0.25) is 0 Å². The van der Waals surface area contributed by atoms with E-state index >= 15 is 0 Å². The molecule has 1 N–H and O–H groups in total. The molecule has 0 saturated carbocycles. The number of aromatic hydroxyl groups is 1. The zero-order valence-electron chi connectivity index (χ0n) is 14.8. The molecule has 9 heteroatoms. The summed E-state index contributed by atoms with van der Waals surface area (Å²) in [5.41, 5.74) is 1.00. The fourth-order valence-corrected chi connectivity index (χ4v) is 4.59. The molecule has 2 aromatic rings. The zero-order chi connectivity index (χ0) is 19.6. The number of hydrogen-bond donors (Lipinski definition) is 1. The molecule has 2 aromatic carbocycles. The molecule has 1 fully saturated rings. The van der Waals surface area contributed by atoms with Crippen LogP contribution in [0.25, 0.3) is 0 Å². The summed E-state index contributed by atoms with van der Waals surface area (Å²) in [5, 5.41) is 9.80. The van der Waals surface area contributed by atoms with Crippen LogP contribution < -0.4 is 4.90 Å². The van der Waals surface area contributed by atoms with Gasteiger partial charge in [0.15, 0.2) is 0 Å². The summed E-state index contributed by atoms with van der Waals surface area (Å²) in [6.07, 6.45) is 0. The summed E-state index contributed by atoms with van der Waals surface area (Å²) in [6.45, 7) is 1.45. The second-order valence-electron chi connectivity index (χ2n) is 6.37. The molecule has 1 saturated heterocycles. The van der Waals surface area contributed by atoms with Gasteiger partial charge in [-0.25, -0.2) is 4.39 Å². The highest BCUT2D eigenvalue weighted by Gasteiger charge is 2.31. The van der Waals surface area contributed by atoms with E-state index in [1.807, 2.05) is 11.0 Å². The summed E-state index contributed by atoms with van der Waals surface area (Å²) in [6, 6.07) is 11.1. The highest BCUT2D eigenvalue weighted by molar-refractivity contribution is 7.86.